The van der Waals surface area contributed by atoms with Crippen LogP contribution in [0.3, 0.4) is 0 Å². The summed E-state index contributed by atoms with van der Waals surface area (Å²) in [7, 11) is 4.03. The quantitative estimate of drug-likeness (QED) is 0.726. The highest BCUT2D eigenvalue weighted by Crippen LogP contribution is 2.25. The van der Waals surface area contributed by atoms with Gasteiger partial charge in [-0.25, -0.2) is 4.98 Å². The minimum atomic E-state index is 0.0517. The van der Waals surface area contributed by atoms with Crippen molar-refractivity contribution in [3.05, 3.63) is 52.7 Å². The van der Waals surface area contributed by atoms with Crippen LogP contribution in [0.2, 0.25) is 5.02 Å². The van der Waals surface area contributed by atoms with E-state index >= 15 is 0 Å². The van der Waals surface area contributed by atoms with Crippen LogP contribution >= 0.6 is 11.6 Å². The molecular formula is C23H32ClN5O. The van der Waals surface area contributed by atoms with Gasteiger partial charge < -0.3 is 20.0 Å². The van der Waals surface area contributed by atoms with E-state index in [1.165, 1.54) is 0 Å². The van der Waals surface area contributed by atoms with Crippen LogP contribution in [-0.4, -0.2) is 73.6 Å². The van der Waals surface area contributed by atoms with Crippen LogP contribution in [-0.2, 0) is 0 Å². The Morgan fingerprint density at radius 3 is 2.60 bits per heavy atom. The average Bonchev–Trinajstić information content (AvgIpc) is 2.75. The number of benzene rings is 1. The Hall–Kier alpha value is -2.31. The minimum absolute atomic E-state index is 0.0517. The molecule has 1 aliphatic rings. The van der Waals surface area contributed by atoms with E-state index in [0.717, 1.165) is 55.2 Å². The van der Waals surface area contributed by atoms with Crippen molar-refractivity contribution < 1.29 is 4.79 Å². The van der Waals surface area contributed by atoms with Gasteiger partial charge in [0.05, 0.1) is 10.6 Å². The van der Waals surface area contributed by atoms with Crippen molar-refractivity contribution in [3.63, 3.8) is 0 Å². The van der Waals surface area contributed by atoms with E-state index in [1.54, 1.807) is 6.20 Å². The molecule has 2 aromatic rings. The van der Waals surface area contributed by atoms with Crippen molar-refractivity contribution in [1.29, 1.82) is 0 Å². The molecule has 1 amide bonds. The van der Waals surface area contributed by atoms with Crippen LogP contribution < -0.4 is 10.2 Å². The first-order valence-electron chi connectivity index (χ1n) is 10.6. The largest absolute Gasteiger partial charge is 0.368 e. The van der Waals surface area contributed by atoms with Gasteiger partial charge >= 0.3 is 0 Å². The van der Waals surface area contributed by atoms with Gasteiger partial charge in [0.25, 0.3) is 5.91 Å². The molecule has 1 N–H and O–H groups in total. The van der Waals surface area contributed by atoms with Crippen LogP contribution in [0.5, 0.6) is 0 Å². The molecule has 1 aliphatic heterocycles. The summed E-state index contributed by atoms with van der Waals surface area (Å²) in [5.74, 6) is 0.817. The third-order valence-corrected chi connectivity index (χ3v) is 6.04. The zero-order valence-corrected chi connectivity index (χ0v) is 19.1. The van der Waals surface area contributed by atoms with Gasteiger partial charge in [0.15, 0.2) is 0 Å². The van der Waals surface area contributed by atoms with Crippen molar-refractivity contribution in [2.45, 2.75) is 26.3 Å². The third-order valence-electron chi connectivity index (χ3n) is 5.81. The fraction of sp³-hybridized carbons (Fsp3) is 0.478. The van der Waals surface area contributed by atoms with Crippen molar-refractivity contribution in [1.82, 2.24) is 14.8 Å². The zero-order chi connectivity index (χ0) is 21.7. The molecule has 0 unspecified atom stereocenters. The highest BCUT2D eigenvalue weighted by atomic mass is 35.5. The zero-order valence-electron chi connectivity index (χ0n) is 18.4. The summed E-state index contributed by atoms with van der Waals surface area (Å²) in [6.45, 7) is 8.65. The molecular weight excluding hydrogens is 398 g/mol. The molecule has 3 rings (SSSR count). The predicted molar refractivity (Wildman–Crippen MR) is 125 cm³/mol. The summed E-state index contributed by atoms with van der Waals surface area (Å²) in [6, 6.07) is 9.92. The van der Waals surface area contributed by atoms with Crippen molar-refractivity contribution >= 4 is 29.0 Å². The first-order chi connectivity index (χ1) is 14.4. The highest BCUT2D eigenvalue weighted by molar-refractivity contribution is 6.30. The first kappa shape index (κ1) is 22.4. The fourth-order valence-corrected chi connectivity index (χ4v) is 3.87. The van der Waals surface area contributed by atoms with Crippen molar-refractivity contribution in [2.24, 2.45) is 0 Å². The van der Waals surface area contributed by atoms with Gasteiger partial charge in [0, 0.05) is 57.7 Å². The number of carbonyl (C=O) groups is 1. The number of amides is 1. The number of hydrogen-bond acceptors (Lipinski definition) is 5. The maximum Gasteiger partial charge on any atom is 0.256 e. The summed E-state index contributed by atoms with van der Waals surface area (Å²) in [6.07, 6.45) is 2.47. The van der Waals surface area contributed by atoms with E-state index in [1.807, 2.05) is 37.1 Å². The van der Waals surface area contributed by atoms with E-state index in [4.69, 9.17) is 11.6 Å². The van der Waals surface area contributed by atoms with E-state index in [9.17, 15) is 4.79 Å². The summed E-state index contributed by atoms with van der Waals surface area (Å²) in [4.78, 5) is 24.3. The number of aromatic nitrogens is 1. The highest BCUT2D eigenvalue weighted by Gasteiger charge is 2.25. The van der Waals surface area contributed by atoms with Gasteiger partial charge in [0.2, 0.25) is 0 Å². The summed E-state index contributed by atoms with van der Waals surface area (Å²) in [5.41, 5.74) is 2.92. The van der Waals surface area contributed by atoms with Gasteiger partial charge in [-0.05, 0) is 44.7 Å². The number of aryl methyl sites for hydroxylation is 1. The van der Waals surface area contributed by atoms with Crippen molar-refractivity contribution in [2.75, 3.05) is 57.0 Å². The molecule has 0 saturated carbocycles. The molecule has 7 heteroatoms. The van der Waals surface area contributed by atoms with Gasteiger partial charge in [-0.15, -0.1) is 0 Å². The summed E-state index contributed by atoms with van der Waals surface area (Å²) >= 11 is 5.91. The van der Waals surface area contributed by atoms with E-state index < -0.39 is 0 Å². The molecule has 2 heterocycles. The topological polar surface area (TPSA) is 51.7 Å². The Morgan fingerprint density at radius 1 is 1.23 bits per heavy atom. The fourth-order valence-electron chi connectivity index (χ4n) is 3.76. The molecule has 6 nitrogen and oxygen atoms in total. The first-order valence-corrected chi connectivity index (χ1v) is 10.9. The number of pyridine rings is 1. The van der Waals surface area contributed by atoms with E-state index in [2.05, 4.69) is 46.2 Å². The molecule has 0 radical (unpaired) electrons. The number of piperazine rings is 1. The number of likely N-dealkylation sites (N-methyl/N-ethyl adjacent to an activating group) is 2. The Labute approximate surface area is 184 Å². The SMILES string of the molecule is CC[C@@H](CNc1ccc(Cl)cn1)N(C)C(=O)c1cc(C)ccc1N1CCN(C)CC1. The second-order valence-corrected chi connectivity index (χ2v) is 8.47. The number of carbonyl (C=O) groups excluding carboxylic acids is 1. The normalized spacial score (nSPS) is 15.7. The number of nitrogens with one attached hydrogen (secondary N) is 1. The standard InChI is InChI=1S/C23H32ClN5O/c1-5-19(16-26-22-9-7-18(24)15-25-22)28(4)23(30)20-14-17(2)6-8-21(20)29-12-10-27(3)11-13-29/h6-9,14-15,19H,5,10-13,16H2,1-4H3,(H,25,26)/t19-/m0/s1. The Balaban J connectivity index is 1.74. The number of nitrogens with zero attached hydrogens (tertiary/aromatic N) is 4. The lowest BCUT2D eigenvalue weighted by Crippen LogP contribution is -2.46. The van der Waals surface area contributed by atoms with Crippen LogP contribution in [0, 0.1) is 6.92 Å². The molecule has 1 fully saturated rings. The van der Waals surface area contributed by atoms with Gasteiger partial charge in [-0.2, -0.15) is 0 Å². The monoisotopic (exact) mass is 429 g/mol. The van der Waals surface area contributed by atoms with Gasteiger partial charge in [-0.1, -0.05) is 30.2 Å². The smallest absolute Gasteiger partial charge is 0.256 e. The molecule has 1 aromatic carbocycles. The average molecular weight is 430 g/mol. The maximum absolute atomic E-state index is 13.5. The molecule has 0 aliphatic carbocycles. The van der Waals surface area contributed by atoms with E-state index in [0.29, 0.717) is 11.6 Å². The lowest BCUT2D eigenvalue weighted by Gasteiger charge is -2.36. The van der Waals surface area contributed by atoms with Crippen molar-refractivity contribution in [3.8, 4) is 0 Å². The number of halogens is 1. The lowest BCUT2D eigenvalue weighted by atomic mass is 10.0. The summed E-state index contributed by atoms with van der Waals surface area (Å²) < 4.78 is 0. The Kier molecular flexibility index (Phi) is 7.56. The maximum atomic E-state index is 13.5. The number of rotatable bonds is 7. The Morgan fingerprint density at radius 2 is 1.97 bits per heavy atom. The molecule has 162 valence electrons. The number of anilines is 2. The lowest BCUT2D eigenvalue weighted by molar-refractivity contribution is 0.0736. The van der Waals surface area contributed by atoms with Crippen LogP contribution in [0.25, 0.3) is 0 Å². The van der Waals surface area contributed by atoms with E-state index in [-0.39, 0.29) is 11.9 Å². The van der Waals surface area contributed by atoms with Crippen LogP contribution in [0.15, 0.2) is 36.5 Å². The van der Waals surface area contributed by atoms with Crippen LogP contribution in [0.4, 0.5) is 11.5 Å². The van der Waals surface area contributed by atoms with Crippen LogP contribution in [0.1, 0.15) is 29.3 Å². The molecule has 30 heavy (non-hydrogen) atoms. The second-order valence-electron chi connectivity index (χ2n) is 8.03. The number of hydrogen-bond donors (Lipinski definition) is 1. The van der Waals surface area contributed by atoms with Gasteiger partial charge in [-0.3, -0.25) is 4.79 Å². The summed E-state index contributed by atoms with van der Waals surface area (Å²) in [5, 5.41) is 3.93. The van der Waals surface area contributed by atoms with Gasteiger partial charge in [0.1, 0.15) is 5.82 Å². The molecule has 1 aromatic heterocycles. The minimum Gasteiger partial charge on any atom is -0.368 e. The molecule has 1 saturated heterocycles. The molecule has 1 atom stereocenters. The Bertz CT molecular complexity index is 849. The predicted octanol–water partition coefficient (Wildman–Crippen LogP) is 3.76. The second kappa shape index (κ2) is 10.1. The molecule has 0 spiro atoms. The third kappa shape index (κ3) is 5.43. The molecule has 0 bridgehead atoms.